The third-order valence-electron chi connectivity index (χ3n) is 3.70. The van der Waals surface area contributed by atoms with Crippen LogP contribution in [0, 0.1) is 0 Å². The zero-order valence-corrected chi connectivity index (χ0v) is 13.1. The van der Waals surface area contributed by atoms with Crippen LogP contribution in [0.15, 0.2) is 22.7 Å². The van der Waals surface area contributed by atoms with Gasteiger partial charge in [0.2, 0.25) is 0 Å². The molecule has 1 aromatic heterocycles. The van der Waals surface area contributed by atoms with Gasteiger partial charge in [0.15, 0.2) is 0 Å². The average molecular weight is 339 g/mol. The van der Waals surface area contributed by atoms with Crippen LogP contribution in [0.3, 0.4) is 0 Å². The number of benzene rings is 1. The topological polar surface area (TPSA) is 46.3 Å². The van der Waals surface area contributed by atoms with Crippen LogP contribution in [-0.4, -0.2) is 23.4 Å². The lowest BCUT2D eigenvalue weighted by Crippen LogP contribution is -2.33. The minimum absolute atomic E-state index is 0.0832. The minimum atomic E-state index is 0.0832. The van der Waals surface area contributed by atoms with Crippen LogP contribution in [0.4, 0.5) is 5.69 Å². The Labute approximate surface area is 124 Å². The van der Waals surface area contributed by atoms with Crippen LogP contribution < -0.4 is 5.73 Å². The van der Waals surface area contributed by atoms with E-state index in [0.29, 0.717) is 16.6 Å². The summed E-state index contributed by atoms with van der Waals surface area (Å²) in [5.41, 5.74) is 6.77. The van der Waals surface area contributed by atoms with Crippen LogP contribution in [0.2, 0.25) is 0 Å². The third kappa shape index (κ3) is 2.15. The number of fused-ring (bicyclic) bond motifs is 1. The molecule has 1 aliphatic rings. The fourth-order valence-electron chi connectivity index (χ4n) is 2.61. The van der Waals surface area contributed by atoms with Crippen molar-refractivity contribution in [2.24, 2.45) is 0 Å². The molecule has 0 spiro atoms. The summed E-state index contributed by atoms with van der Waals surface area (Å²) < 4.78 is 2.07. The zero-order chi connectivity index (χ0) is 13.6. The lowest BCUT2D eigenvalue weighted by atomic mass is 10.2. The molecule has 0 saturated carbocycles. The highest BCUT2D eigenvalue weighted by atomic mass is 79.9. The molecule has 0 aliphatic carbocycles. The molecule has 100 valence electrons. The number of carbonyl (C=O) groups is 1. The van der Waals surface area contributed by atoms with Gasteiger partial charge >= 0.3 is 0 Å². The predicted octanol–water partition coefficient (Wildman–Crippen LogP) is 3.87. The Kier molecular flexibility index (Phi) is 3.27. The maximum atomic E-state index is 12.6. The fourth-order valence-corrected chi connectivity index (χ4v) is 4.25. The number of nitrogens with two attached hydrogens (primary N) is 1. The average Bonchev–Trinajstić information content (AvgIpc) is 2.93. The number of likely N-dealkylation sites (tertiary alicyclic amines) is 1. The summed E-state index contributed by atoms with van der Waals surface area (Å²) >= 11 is 4.94. The van der Waals surface area contributed by atoms with Crippen molar-refractivity contribution < 1.29 is 4.79 Å². The normalized spacial score (nSPS) is 19.3. The first kappa shape index (κ1) is 12.9. The first-order valence-electron chi connectivity index (χ1n) is 6.36. The third-order valence-corrected chi connectivity index (χ3v) is 5.35. The molecule has 2 aromatic rings. The Morgan fingerprint density at radius 2 is 2.32 bits per heavy atom. The van der Waals surface area contributed by atoms with Crippen molar-refractivity contribution in [1.82, 2.24) is 4.90 Å². The molecule has 2 N–H and O–H groups in total. The highest BCUT2D eigenvalue weighted by molar-refractivity contribution is 9.10. The summed E-state index contributed by atoms with van der Waals surface area (Å²) in [6.45, 7) is 2.95. The summed E-state index contributed by atoms with van der Waals surface area (Å²) in [5, 5.41) is 0.975. The van der Waals surface area contributed by atoms with Gasteiger partial charge in [-0.25, -0.2) is 0 Å². The molecule has 1 fully saturated rings. The van der Waals surface area contributed by atoms with E-state index in [1.54, 1.807) is 0 Å². The molecule has 19 heavy (non-hydrogen) atoms. The molecule has 0 radical (unpaired) electrons. The van der Waals surface area contributed by atoms with Gasteiger partial charge in [0.05, 0.1) is 5.69 Å². The number of carbonyl (C=O) groups excluding carboxylic acids is 1. The maximum Gasteiger partial charge on any atom is 0.266 e. The van der Waals surface area contributed by atoms with E-state index >= 15 is 0 Å². The number of halogens is 1. The van der Waals surface area contributed by atoms with Crippen molar-refractivity contribution in [3.05, 3.63) is 27.5 Å². The Bertz CT molecular complexity index is 652. The van der Waals surface area contributed by atoms with E-state index in [4.69, 9.17) is 5.73 Å². The van der Waals surface area contributed by atoms with Gasteiger partial charge in [-0.05, 0) is 31.9 Å². The van der Waals surface area contributed by atoms with Crippen LogP contribution in [0.25, 0.3) is 10.1 Å². The van der Waals surface area contributed by atoms with Crippen molar-refractivity contribution in [2.45, 2.75) is 25.8 Å². The van der Waals surface area contributed by atoms with Crippen molar-refractivity contribution in [3.8, 4) is 0 Å². The molecule has 3 rings (SSSR count). The number of hydrogen-bond acceptors (Lipinski definition) is 3. The van der Waals surface area contributed by atoms with Crippen molar-refractivity contribution in [1.29, 1.82) is 0 Å². The second-order valence-corrected chi connectivity index (χ2v) is 6.94. The zero-order valence-electron chi connectivity index (χ0n) is 10.6. The fraction of sp³-hybridized carbons (Fsp3) is 0.357. The molecule has 5 heteroatoms. The SMILES string of the molecule is CC1CCCN1C(=O)c1sc2cc(Br)ccc2c1N. The van der Waals surface area contributed by atoms with Gasteiger partial charge in [-0.15, -0.1) is 11.3 Å². The van der Waals surface area contributed by atoms with Crippen molar-refractivity contribution in [3.63, 3.8) is 0 Å². The predicted molar refractivity (Wildman–Crippen MR) is 83.7 cm³/mol. The second kappa shape index (κ2) is 4.80. The second-order valence-electron chi connectivity index (χ2n) is 4.98. The molecular formula is C14H15BrN2OS. The van der Waals surface area contributed by atoms with Gasteiger partial charge in [-0.2, -0.15) is 0 Å². The minimum Gasteiger partial charge on any atom is -0.397 e. The highest BCUT2D eigenvalue weighted by Crippen LogP contribution is 2.36. The molecule has 3 nitrogen and oxygen atoms in total. The van der Waals surface area contributed by atoms with Crippen LogP contribution >= 0.6 is 27.3 Å². The summed E-state index contributed by atoms with van der Waals surface area (Å²) in [6, 6.07) is 6.26. The van der Waals surface area contributed by atoms with E-state index in [9.17, 15) is 4.79 Å². The largest absolute Gasteiger partial charge is 0.397 e. The maximum absolute atomic E-state index is 12.6. The first-order chi connectivity index (χ1) is 9.08. The molecule has 1 saturated heterocycles. The number of nitrogens with zero attached hydrogens (tertiary/aromatic N) is 1. The van der Waals surface area contributed by atoms with E-state index in [1.165, 1.54) is 11.3 Å². The number of rotatable bonds is 1. The number of hydrogen-bond donors (Lipinski definition) is 1. The molecule has 1 atom stereocenters. The van der Waals surface area contributed by atoms with E-state index in [-0.39, 0.29) is 5.91 Å². The first-order valence-corrected chi connectivity index (χ1v) is 7.97. The van der Waals surface area contributed by atoms with Crippen LogP contribution in [0.5, 0.6) is 0 Å². The monoisotopic (exact) mass is 338 g/mol. The van der Waals surface area contributed by atoms with Gasteiger partial charge in [0.1, 0.15) is 4.88 Å². The van der Waals surface area contributed by atoms with Crippen molar-refractivity contribution in [2.75, 3.05) is 12.3 Å². The van der Waals surface area contributed by atoms with Gasteiger partial charge in [0.25, 0.3) is 5.91 Å². The van der Waals surface area contributed by atoms with E-state index in [2.05, 4.69) is 22.9 Å². The van der Waals surface area contributed by atoms with Gasteiger partial charge in [-0.1, -0.05) is 22.0 Å². The van der Waals surface area contributed by atoms with E-state index < -0.39 is 0 Å². The van der Waals surface area contributed by atoms with Gasteiger partial charge in [-0.3, -0.25) is 4.79 Å². The summed E-state index contributed by atoms with van der Waals surface area (Å²) in [6.07, 6.45) is 2.17. The standard InChI is InChI=1S/C14H15BrN2OS/c1-8-3-2-6-17(8)14(18)13-12(16)10-5-4-9(15)7-11(10)19-13/h4-5,7-8H,2-3,6,16H2,1H3. The number of amides is 1. The highest BCUT2D eigenvalue weighted by Gasteiger charge is 2.28. The van der Waals surface area contributed by atoms with Gasteiger partial charge in [0, 0.05) is 27.1 Å². The number of nitrogen functional groups attached to an aromatic ring is 1. The van der Waals surface area contributed by atoms with E-state index in [0.717, 1.165) is 33.9 Å². The Hall–Kier alpha value is -1.07. The summed E-state index contributed by atoms with van der Waals surface area (Å²) in [4.78, 5) is 15.2. The molecule has 1 amide bonds. The molecule has 1 unspecified atom stereocenters. The van der Waals surface area contributed by atoms with Crippen LogP contribution in [-0.2, 0) is 0 Å². The molecule has 0 bridgehead atoms. The van der Waals surface area contributed by atoms with Crippen LogP contribution in [0.1, 0.15) is 29.4 Å². The van der Waals surface area contributed by atoms with Gasteiger partial charge < -0.3 is 10.6 Å². The summed E-state index contributed by atoms with van der Waals surface area (Å²) in [5.74, 6) is 0.0832. The Balaban J connectivity index is 2.05. The smallest absolute Gasteiger partial charge is 0.266 e. The lowest BCUT2D eigenvalue weighted by Gasteiger charge is -2.20. The molecular weight excluding hydrogens is 324 g/mol. The molecule has 1 aliphatic heterocycles. The Morgan fingerprint density at radius 3 is 3.00 bits per heavy atom. The van der Waals surface area contributed by atoms with E-state index in [1.807, 2.05) is 23.1 Å². The number of thiophene rings is 1. The molecule has 2 heterocycles. The lowest BCUT2D eigenvalue weighted by molar-refractivity contribution is 0.0753. The Morgan fingerprint density at radius 1 is 1.53 bits per heavy atom. The molecule has 1 aromatic carbocycles. The number of anilines is 1. The van der Waals surface area contributed by atoms with Crippen molar-refractivity contribution >= 4 is 48.9 Å². The summed E-state index contributed by atoms with van der Waals surface area (Å²) in [7, 11) is 0. The quantitative estimate of drug-likeness (QED) is 0.857.